The van der Waals surface area contributed by atoms with Crippen LogP contribution in [0.15, 0.2) is 0 Å². The Balaban J connectivity index is 0. The maximum Gasteiger partial charge on any atom is 0.407 e. The summed E-state index contributed by atoms with van der Waals surface area (Å²) in [4.78, 5) is 11.2. The van der Waals surface area contributed by atoms with E-state index < -0.39 is 11.7 Å². The van der Waals surface area contributed by atoms with Crippen LogP contribution >= 0.6 is 0 Å². The summed E-state index contributed by atoms with van der Waals surface area (Å²) < 4.78 is 20.4. The van der Waals surface area contributed by atoms with Crippen molar-refractivity contribution in [2.75, 3.05) is 46.7 Å². The van der Waals surface area contributed by atoms with Gasteiger partial charge in [-0.05, 0) is 20.8 Å². The molecule has 6 heteroatoms. The molecule has 0 unspecified atom stereocenters. The molecule has 0 aliphatic carbocycles. The summed E-state index contributed by atoms with van der Waals surface area (Å²) in [5.74, 6) is 0. The van der Waals surface area contributed by atoms with Crippen molar-refractivity contribution in [2.24, 2.45) is 0 Å². The third kappa shape index (κ3) is 19.5. The van der Waals surface area contributed by atoms with Crippen molar-refractivity contribution >= 4 is 6.09 Å². The van der Waals surface area contributed by atoms with Crippen LogP contribution < -0.4 is 5.32 Å². The fourth-order valence-electron chi connectivity index (χ4n) is 1.00. The van der Waals surface area contributed by atoms with Gasteiger partial charge in [-0.1, -0.05) is 13.8 Å². The SMILES string of the molecule is CC.COCCOCCOCCNC(=O)OC(C)(C)C. The Morgan fingerprint density at radius 3 is 1.95 bits per heavy atom. The van der Waals surface area contributed by atoms with Crippen molar-refractivity contribution < 1.29 is 23.7 Å². The Hall–Kier alpha value is -0.850. The fraction of sp³-hybridized carbons (Fsp3) is 0.929. The summed E-state index contributed by atoms with van der Waals surface area (Å²) in [5.41, 5.74) is -0.472. The first-order valence-corrected chi connectivity index (χ1v) is 7.07. The number of ether oxygens (including phenoxy) is 4. The number of nitrogens with one attached hydrogen (secondary N) is 1. The van der Waals surface area contributed by atoms with Crippen LogP contribution in [0.25, 0.3) is 0 Å². The highest BCUT2D eigenvalue weighted by molar-refractivity contribution is 5.67. The van der Waals surface area contributed by atoms with E-state index in [0.717, 1.165) is 0 Å². The first-order valence-electron chi connectivity index (χ1n) is 7.07. The number of carbonyl (C=O) groups is 1. The molecule has 0 bridgehead atoms. The molecule has 0 saturated heterocycles. The molecule has 0 atom stereocenters. The Morgan fingerprint density at radius 2 is 1.45 bits per heavy atom. The molecular formula is C14H31NO5. The van der Waals surface area contributed by atoms with Crippen molar-refractivity contribution in [3.8, 4) is 0 Å². The summed E-state index contributed by atoms with van der Waals surface area (Å²) >= 11 is 0. The standard InChI is InChI=1S/C12H25NO5.C2H6/c1-12(2,3)18-11(14)13-5-6-16-9-10-17-8-7-15-4;1-2/h5-10H2,1-4H3,(H,13,14);1-2H3. The van der Waals surface area contributed by atoms with E-state index >= 15 is 0 Å². The summed E-state index contributed by atoms with van der Waals surface area (Å²) in [6.07, 6.45) is -0.428. The molecule has 0 aromatic carbocycles. The number of hydrogen-bond acceptors (Lipinski definition) is 5. The van der Waals surface area contributed by atoms with Crippen LogP contribution in [-0.2, 0) is 18.9 Å². The van der Waals surface area contributed by atoms with Crippen molar-refractivity contribution in [2.45, 2.75) is 40.2 Å². The number of hydrogen-bond donors (Lipinski definition) is 1. The van der Waals surface area contributed by atoms with E-state index in [2.05, 4.69) is 5.32 Å². The van der Waals surface area contributed by atoms with Crippen LogP contribution in [-0.4, -0.2) is 58.4 Å². The normalized spacial score (nSPS) is 10.5. The van der Waals surface area contributed by atoms with E-state index in [0.29, 0.717) is 39.6 Å². The molecule has 0 aliphatic heterocycles. The molecule has 0 heterocycles. The Bertz CT molecular complexity index is 216. The number of carbonyl (C=O) groups excluding carboxylic acids is 1. The Morgan fingerprint density at radius 1 is 0.950 bits per heavy atom. The highest BCUT2D eigenvalue weighted by Crippen LogP contribution is 2.05. The first-order chi connectivity index (χ1) is 9.45. The molecule has 0 spiro atoms. The number of methoxy groups -OCH3 is 1. The summed E-state index contributed by atoms with van der Waals surface area (Å²) in [7, 11) is 1.63. The monoisotopic (exact) mass is 293 g/mol. The summed E-state index contributed by atoms with van der Waals surface area (Å²) in [6, 6.07) is 0. The van der Waals surface area contributed by atoms with Crippen LogP contribution in [0.5, 0.6) is 0 Å². The van der Waals surface area contributed by atoms with Crippen LogP contribution in [0.2, 0.25) is 0 Å². The predicted molar refractivity (Wildman–Crippen MR) is 79.1 cm³/mol. The average Bonchev–Trinajstić information content (AvgIpc) is 2.37. The molecule has 0 fully saturated rings. The van der Waals surface area contributed by atoms with Crippen LogP contribution in [0.1, 0.15) is 34.6 Å². The van der Waals surface area contributed by atoms with Gasteiger partial charge < -0.3 is 24.3 Å². The maximum absolute atomic E-state index is 11.2. The molecule has 0 rings (SSSR count). The molecule has 122 valence electrons. The van der Waals surface area contributed by atoms with Gasteiger partial charge in [-0.3, -0.25) is 0 Å². The zero-order valence-corrected chi connectivity index (χ0v) is 13.8. The molecule has 0 radical (unpaired) electrons. The fourth-order valence-corrected chi connectivity index (χ4v) is 1.00. The molecule has 0 aromatic heterocycles. The molecule has 0 aliphatic rings. The predicted octanol–water partition coefficient (Wildman–Crippen LogP) is 2.22. The minimum absolute atomic E-state index is 0.424. The minimum atomic E-state index is -0.472. The van der Waals surface area contributed by atoms with Gasteiger partial charge in [-0.2, -0.15) is 0 Å². The largest absolute Gasteiger partial charge is 0.444 e. The van der Waals surface area contributed by atoms with Gasteiger partial charge in [0.05, 0.1) is 33.0 Å². The van der Waals surface area contributed by atoms with E-state index in [1.54, 1.807) is 7.11 Å². The molecule has 1 N–H and O–H groups in total. The van der Waals surface area contributed by atoms with Crippen molar-refractivity contribution in [1.29, 1.82) is 0 Å². The number of alkyl carbamates (subject to hydrolysis) is 1. The zero-order valence-electron chi connectivity index (χ0n) is 13.8. The first kappa shape index (κ1) is 21.4. The second-order valence-corrected chi connectivity index (χ2v) is 4.65. The maximum atomic E-state index is 11.2. The minimum Gasteiger partial charge on any atom is -0.444 e. The Kier molecular flexibility index (Phi) is 15.6. The quantitative estimate of drug-likeness (QED) is 0.660. The molecule has 6 nitrogen and oxygen atoms in total. The molecule has 0 aromatic rings. The van der Waals surface area contributed by atoms with Gasteiger partial charge in [-0.15, -0.1) is 0 Å². The smallest absolute Gasteiger partial charge is 0.407 e. The summed E-state index contributed by atoms with van der Waals surface area (Å²) in [6.45, 7) is 12.5. The molecule has 20 heavy (non-hydrogen) atoms. The van der Waals surface area contributed by atoms with Gasteiger partial charge in [-0.25, -0.2) is 4.79 Å². The van der Waals surface area contributed by atoms with E-state index in [4.69, 9.17) is 18.9 Å². The highest BCUT2D eigenvalue weighted by Gasteiger charge is 2.15. The van der Waals surface area contributed by atoms with Crippen molar-refractivity contribution in [1.82, 2.24) is 5.32 Å². The second-order valence-electron chi connectivity index (χ2n) is 4.65. The van der Waals surface area contributed by atoms with Crippen LogP contribution in [0.4, 0.5) is 4.79 Å². The lowest BCUT2D eigenvalue weighted by molar-refractivity contribution is 0.0234. The van der Waals surface area contributed by atoms with E-state index in [1.165, 1.54) is 0 Å². The van der Waals surface area contributed by atoms with Gasteiger partial charge in [0.1, 0.15) is 5.60 Å². The Labute approximate surface area is 123 Å². The molecule has 1 amide bonds. The lowest BCUT2D eigenvalue weighted by Crippen LogP contribution is -2.34. The van der Waals surface area contributed by atoms with Gasteiger partial charge in [0.2, 0.25) is 0 Å². The lowest BCUT2D eigenvalue weighted by Gasteiger charge is -2.19. The average molecular weight is 293 g/mol. The van der Waals surface area contributed by atoms with E-state index in [9.17, 15) is 4.79 Å². The van der Waals surface area contributed by atoms with Gasteiger partial charge in [0.25, 0.3) is 0 Å². The highest BCUT2D eigenvalue weighted by atomic mass is 16.6. The van der Waals surface area contributed by atoms with Crippen LogP contribution in [0.3, 0.4) is 0 Å². The van der Waals surface area contributed by atoms with Crippen molar-refractivity contribution in [3.05, 3.63) is 0 Å². The summed E-state index contributed by atoms with van der Waals surface area (Å²) in [5, 5.41) is 2.60. The number of amides is 1. The number of rotatable bonds is 9. The topological polar surface area (TPSA) is 66.0 Å². The third-order valence-corrected chi connectivity index (χ3v) is 1.72. The van der Waals surface area contributed by atoms with Gasteiger partial charge >= 0.3 is 6.09 Å². The van der Waals surface area contributed by atoms with Crippen LogP contribution in [0, 0.1) is 0 Å². The van der Waals surface area contributed by atoms with E-state index in [1.807, 2.05) is 34.6 Å². The van der Waals surface area contributed by atoms with Crippen molar-refractivity contribution in [3.63, 3.8) is 0 Å². The lowest BCUT2D eigenvalue weighted by atomic mass is 10.2. The van der Waals surface area contributed by atoms with E-state index in [-0.39, 0.29) is 0 Å². The van der Waals surface area contributed by atoms with Gasteiger partial charge in [0, 0.05) is 13.7 Å². The molecule has 0 saturated carbocycles. The zero-order chi connectivity index (χ0) is 15.9. The third-order valence-electron chi connectivity index (χ3n) is 1.72. The molecular weight excluding hydrogens is 262 g/mol. The second kappa shape index (κ2) is 14.6. The van der Waals surface area contributed by atoms with Gasteiger partial charge in [0.15, 0.2) is 0 Å².